The molecule has 0 heteroatoms. The Kier molecular flexibility index (Phi) is 5.27. The summed E-state index contributed by atoms with van der Waals surface area (Å²) in [6.07, 6.45) is 2.40. The smallest absolute Gasteiger partial charge is 0.00985 e. The first kappa shape index (κ1) is 19.3. The molecular weight excluding hydrogens is 264 g/mol. The second-order valence-electron chi connectivity index (χ2n) is 10.8. The highest BCUT2D eigenvalue weighted by molar-refractivity contribution is 5.33. The van der Waals surface area contributed by atoms with Crippen LogP contribution in [0.25, 0.3) is 0 Å². The van der Waals surface area contributed by atoms with Crippen LogP contribution in [0.3, 0.4) is 0 Å². The van der Waals surface area contributed by atoms with E-state index in [2.05, 4.69) is 93.5 Å². The van der Waals surface area contributed by atoms with Crippen molar-refractivity contribution in [2.45, 2.75) is 92.9 Å². The van der Waals surface area contributed by atoms with Crippen molar-refractivity contribution in [3.8, 4) is 0 Å². The van der Waals surface area contributed by atoms with Crippen LogP contribution in [0.2, 0.25) is 0 Å². The zero-order chi connectivity index (χ0) is 17.4. The lowest BCUT2D eigenvalue weighted by Gasteiger charge is -2.36. The number of hydrogen-bond acceptors (Lipinski definition) is 0. The minimum Gasteiger partial charge on any atom is -0.0617 e. The first-order valence-electron chi connectivity index (χ1n) is 8.74. The molecule has 0 fully saturated rings. The van der Waals surface area contributed by atoms with Crippen LogP contribution in [0.4, 0.5) is 0 Å². The van der Waals surface area contributed by atoms with E-state index in [4.69, 9.17) is 0 Å². The van der Waals surface area contributed by atoms with Gasteiger partial charge in [-0.05, 0) is 45.6 Å². The van der Waals surface area contributed by atoms with E-state index < -0.39 is 0 Å². The summed E-state index contributed by atoms with van der Waals surface area (Å²) in [6.45, 7) is 23.5. The lowest BCUT2D eigenvalue weighted by atomic mass is 9.69. The lowest BCUT2D eigenvalue weighted by molar-refractivity contribution is 0.278. The Morgan fingerprint density at radius 1 is 0.591 bits per heavy atom. The molecule has 0 bridgehead atoms. The number of benzene rings is 1. The molecule has 126 valence electrons. The third-order valence-corrected chi connectivity index (χ3v) is 4.37. The second kappa shape index (κ2) is 6.02. The second-order valence-corrected chi connectivity index (χ2v) is 10.8. The van der Waals surface area contributed by atoms with Crippen LogP contribution >= 0.6 is 0 Å². The van der Waals surface area contributed by atoms with Crippen LogP contribution in [0.1, 0.15) is 93.2 Å². The average Bonchev–Trinajstić information content (AvgIpc) is 2.22. The van der Waals surface area contributed by atoms with Crippen LogP contribution in [-0.4, -0.2) is 0 Å². The Morgan fingerprint density at radius 2 is 0.909 bits per heavy atom. The Morgan fingerprint density at radius 3 is 1.18 bits per heavy atom. The molecule has 0 radical (unpaired) electrons. The molecule has 0 heterocycles. The highest BCUT2D eigenvalue weighted by atomic mass is 14.4. The molecule has 0 aromatic heterocycles. The molecule has 0 nitrogen and oxygen atoms in total. The van der Waals surface area contributed by atoms with Crippen molar-refractivity contribution in [3.63, 3.8) is 0 Å². The fourth-order valence-corrected chi connectivity index (χ4v) is 4.22. The van der Waals surface area contributed by atoms with Gasteiger partial charge in [-0.1, -0.05) is 93.5 Å². The van der Waals surface area contributed by atoms with Gasteiger partial charge >= 0.3 is 0 Å². The van der Waals surface area contributed by atoms with Crippen LogP contribution < -0.4 is 0 Å². The molecule has 1 rings (SSSR count). The molecular formula is C22H38. The molecule has 0 spiro atoms. The quantitative estimate of drug-likeness (QED) is 0.555. The van der Waals surface area contributed by atoms with E-state index in [1.54, 1.807) is 0 Å². The number of rotatable bonds is 4. The monoisotopic (exact) mass is 302 g/mol. The van der Waals surface area contributed by atoms with E-state index in [0.717, 1.165) is 0 Å². The van der Waals surface area contributed by atoms with Crippen LogP contribution in [0.15, 0.2) is 24.3 Å². The van der Waals surface area contributed by atoms with Gasteiger partial charge in [-0.25, -0.2) is 0 Å². The summed E-state index contributed by atoms with van der Waals surface area (Å²) in [4.78, 5) is 0. The predicted octanol–water partition coefficient (Wildman–Crippen LogP) is 7.11. The average molecular weight is 303 g/mol. The van der Waals surface area contributed by atoms with E-state index in [9.17, 15) is 0 Å². The molecule has 0 aliphatic carbocycles. The molecule has 0 N–H and O–H groups in total. The number of hydrogen-bond donors (Lipinski definition) is 0. The summed E-state index contributed by atoms with van der Waals surface area (Å²) in [5.41, 5.74) is 4.07. The molecule has 0 atom stereocenters. The summed E-state index contributed by atoms with van der Waals surface area (Å²) < 4.78 is 0. The van der Waals surface area contributed by atoms with Crippen molar-refractivity contribution < 1.29 is 0 Å². The maximum absolute atomic E-state index is 2.46. The van der Waals surface area contributed by atoms with Crippen molar-refractivity contribution >= 4 is 0 Å². The van der Waals surface area contributed by atoms with Gasteiger partial charge in [-0.3, -0.25) is 0 Å². The van der Waals surface area contributed by atoms with Gasteiger partial charge in [-0.2, -0.15) is 0 Å². The molecule has 0 amide bonds. The summed E-state index contributed by atoms with van der Waals surface area (Å²) in [5.74, 6) is 0. The Bertz CT molecular complexity index is 446. The van der Waals surface area contributed by atoms with Crippen LogP contribution in [-0.2, 0) is 10.8 Å². The molecule has 1 aromatic rings. The minimum absolute atomic E-state index is 0.214. The molecule has 0 saturated carbocycles. The van der Waals surface area contributed by atoms with E-state index in [1.807, 2.05) is 0 Å². The fourth-order valence-electron chi connectivity index (χ4n) is 4.22. The van der Waals surface area contributed by atoms with Gasteiger partial charge in [0.15, 0.2) is 0 Å². The van der Waals surface area contributed by atoms with E-state index in [-0.39, 0.29) is 10.8 Å². The van der Waals surface area contributed by atoms with E-state index in [0.29, 0.717) is 10.8 Å². The van der Waals surface area contributed by atoms with Gasteiger partial charge in [-0.15, -0.1) is 0 Å². The van der Waals surface area contributed by atoms with Crippen molar-refractivity contribution in [2.24, 2.45) is 10.8 Å². The highest BCUT2D eigenvalue weighted by Crippen LogP contribution is 2.40. The first-order chi connectivity index (χ1) is 9.62. The molecule has 0 aliphatic heterocycles. The van der Waals surface area contributed by atoms with E-state index >= 15 is 0 Å². The zero-order valence-electron chi connectivity index (χ0n) is 16.7. The largest absolute Gasteiger partial charge is 0.0617 e. The summed E-state index contributed by atoms with van der Waals surface area (Å²) >= 11 is 0. The SMILES string of the molecule is CC(C)(C)CC(C)(C)c1cccc(C(C)(C)CC(C)(C)C)c1. The first-order valence-corrected chi connectivity index (χ1v) is 8.74. The van der Waals surface area contributed by atoms with Gasteiger partial charge in [0, 0.05) is 0 Å². The Labute approximate surface area is 139 Å². The zero-order valence-corrected chi connectivity index (χ0v) is 16.7. The highest BCUT2D eigenvalue weighted by Gasteiger charge is 2.30. The Hall–Kier alpha value is -0.780. The molecule has 1 aromatic carbocycles. The van der Waals surface area contributed by atoms with Crippen LogP contribution in [0.5, 0.6) is 0 Å². The topological polar surface area (TPSA) is 0 Å². The molecule has 0 aliphatic rings. The lowest BCUT2D eigenvalue weighted by Crippen LogP contribution is -2.27. The van der Waals surface area contributed by atoms with E-state index in [1.165, 1.54) is 24.0 Å². The van der Waals surface area contributed by atoms with Gasteiger partial charge in [0.25, 0.3) is 0 Å². The third-order valence-electron chi connectivity index (χ3n) is 4.37. The fraction of sp³-hybridized carbons (Fsp3) is 0.727. The maximum Gasteiger partial charge on any atom is -0.00985 e. The Balaban J connectivity index is 3.14. The maximum atomic E-state index is 2.46. The van der Waals surface area contributed by atoms with Crippen LogP contribution in [0, 0.1) is 10.8 Å². The summed E-state index contributed by atoms with van der Waals surface area (Å²) in [5, 5.41) is 0. The van der Waals surface area contributed by atoms with Crippen molar-refractivity contribution in [1.29, 1.82) is 0 Å². The minimum atomic E-state index is 0.214. The van der Waals surface area contributed by atoms with Crippen molar-refractivity contribution in [2.75, 3.05) is 0 Å². The third kappa shape index (κ3) is 5.78. The van der Waals surface area contributed by atoms with Gasteiger partial charge in [0.1, 0.15) is 0 Å². The molecule has 0 unspecified atom stereocenters. The van der Waals surface area contributed by atoms with Crippen molar-refractivity contribution in [1.82, 2.24) is 0 Å². The summed E-state index contributed by atoms with van der Waals surface area (Å²) in [7, 11) is 0. The molecule has 22 heavy (non-hydrogen) atoms. The predicted molar refractivity (Wildman–Crippen MR) is 101 cm³/mol. The summed E-state index contributed by atoms with van der Waals surface area (Å²) in [6, 6.07) is 9.32. The van der Waals surface area contributed by atoms with Gasteiger partial charge < -0.3 is 0 Å². The molecule has 0 saturated heterocycles. The standard InChI is InChI=1S/C22H38/c1-19(2,3)15-21(7,8)17-12-11-13-18(14-17)22(9,10)16-20(4,5)6/h11-14H,15-16H2,1-10H3. The van der Waals surface area contributed by atoms with Gasteiger partial charge in [0.2, 0.25) is 0 Å². The van der Waals surface area contributed by atoms with Crippen molar-refractivity contribution in [3.05, 3.63) is 35.4 Å². The van der Waals surface area contributed by atoms with Gasteiger partial charge in [0.05, 0.1) is 0 Å². The normalized spacial score (nSPS) is 14.3.